The third-order valence-corrected chi connectivity index (χ3v) is 9.81. The van der Waals surface area contributed by atoms with Crippen molar-refractivity contribution < 1.29 is 14.4 Å². The van der Waals surface area contributed by atoms with Crippen molar-refractivity contribution in [3.05, 3.63) is 172 Å². The van der Waals surface area contributed by atoms with E-state index in [-0.39, 0.29) is 11.6 Å². The fourth-order valence-corrected chi connectivity index (χ4v) is 7.06. The quantitative estimate of drug-likeness (QED) is 0.0928. The van der Waals surface area contributed by atoms with Crippen LogP contribution < -0.4 is 16.0 Å². The van der Waals surface area contributed by atoms with Crippen LogP contribution >= 0.6 is 23.1 Å². The molecule has 0 aliphatic heterocycles. The Balaban J connectivity index is 1.22. The number of rotatable bonds is 11. The summed E-state index contributed by atoms with van der Waals surface area (Å²) in [4.78, 5) is 47.1. The molecule has 0 aliphatic carbocycles. The highest BCUT2D eigenvalue weighted by Gasteiger charge is 2.24. The zero-order valence-electron chi connectivity index (χ0n) is 27.4. The molecular formula is C41H34N4O3S2. The first-order valence-electron chi connectivity index (χ1n) is 15.9. The number of carbonyl (C=O) groups excluding carboxylic acids is 3. The molecule has 3 N–H and O–H groups in total. The van der Waals surface area contributed by atoms with Gasteiger partial charge in [-0.1, -0.05) is 115 Å². The van der Waals surface area contributed by atoms with E-state index in [1.54, 1.807) is 36.4 Å². The lowest BCUT2D eigenvalue weighted by molar-refractivity contribution is -0.116. The van der Waals surface area contributed by atoms with Gasteiger partial charge in [0.2, 0.25) is 5.91 Å². The molecule has 3 amide bonds. The van der Waals surface area contributed by atoms with Crippen LogP contribution in [-0.2, 0) is 9.59 Å². The number of thiazole rings is 1. The minimum absolute atomic E-state index is 0.0934. The summed E-state index contributed by atoms with van der Waals surface area (Å²) in [5, 5.41) is 8.69. The first kappa shape index (κ1) is 34.1. The van der Waals surface area contributed by atoms with E-state index < -0.39 is 17.1 Å². The average Bonchev–Trinajstić information content (AvgIpc) is 3.51. The highest BCUT2D eigenvalue weighted by atomic mass is 32.2. The van der Waals surface area contributed by atoms with Gasteiger partial charge in [-0.05, 0) is 61.4 Å². The van der Waals surface area contributed by atoms with Gasteiger partial charge < -0.3 is 16.0 Å². The molecule has 5 aromatic carbocycles. The number of hydrogen-bond donors (Lipinski definition) is 3. The summed E-state index contributed by atoms with van der Waals surface area (Å²) >= 11 is 2.80. The molecule has 0 radical (unpaired) electrons. The molecule has 0 saturated heterocycles. The van der Waals surface area contributed by atoms with Gasteiger partial charge in [-0.3, -0.25) is 14.4 Å². The molecule has 9 heteroatoms. The average molecular weight is 695 g/mol. The fraction of sp³-hybridized carbons (Fsp3) is 0.0732. The lowest BCUT2D eigenvalue weighted by Crippen LogP contribution is -2.30. The minimum Gasteiger partial charge on any atom is -0.321 e. The van der Waals surface area contributed by atoms with Gasteiger partial charge >= 0.3 is 0 Å². The molecule has 1 unspecified atom stereocenters. The van der Waals surface area contributed by atoms with Crippen molar-refractivity contribution in [1.29, 1.82) is 0 Å². The van der Waals surface area contributed by atoms with Crippen LogP contribution in [0.25, 0.3) is 17.3 Å². The molecule has 1 atom stereocenters. The predicted molar refractivity (Wildman–Crippen MR) is 204 cm³/mol. The van der Waals surface area contributed by atoms with Gasteiger partial charge in [0.05, 0.1) is 5.69 Å². The van der Waals surface area contributed by atoms with Gasteiger partial charge in [0.15, 0.2) is 5.13 Å². The smallest absolute Gasteiger partial charge is 0.272 e. The van der Waals surface area contributed by atoms with Crippen LogP contribution in [0.15, 0.2) is 150 Å². The summed E-state index contributed by atoms with van der Waals surface area (Å²) in [5.74, 6) is -1.09. The molecule has 6 aromatic rings. The van der Waals surface area contributed by atoms with E-state index >= 15 is 0 Å². The zero-order valence-corrected chi connectivity index (χ0v) is 29.1. The van der Waals surface area contributed by atoms with Gasteiger partial charge in [-0.2, -0.15) is 0 Å². The summed E-state index contributed by atoms with van der Waals surface area (Å²) in [6.45, 7) is 3.98. The molecule has 0 aliphatic rings. The monoisotopic (exact) mass is 694 g/mol. The molecule has 50 heavy (non-hydrogen) atoms. The zero-order chi connectivity index (χ0) is 34.9. The summed E-state index contributed by atoms with van der Waals surface area (Å²) in [5.41, 5.74) is 5.55. The maximum absolute atomic E-state index is 13.9. The van der Waals surface area contributed by atoms with Gasteiger partial charge in [0.25, 0.3) is 11.8 Å². The number of aryl methyl sites for hydroxylation is 2. The van der Waals surface area contributed by atoms with Crippen molar-refractivity contribution in [1.82, 2.24) is 10.3 Å². The molecule has 1 heterocycles. The van der Waals surface area contributed by atoms with Crippen molar-refractivity contribution >= 4 is 57.7 Å². The molecule has 0 spiro atoms. The highest BCUT2D eigenvalue weighted by Crippen LogP contribution is 2.38. The Labute approximate surface area is 299 Å². The molecule has 0 saturated carbocycles. The second kappa shape index (κ2) is 16.1. The van der Waals surface area contributed by atoms with Crippen molar-refractivity contribution in [3.8, 4) is 11.3 Å². The maximum Gasteiger partial charge on any atom is 0.272 e. The third-order valence-electron chi connectivity index (χ3n) is 7.68. The molecule has 248 valence electrons. The summed E-state index contributed by atoms with van der Waals surface area (Å²) < 4.78 is 0. The summed E-state index contributed by atoms with van der Waals surface area (Å²) in [6.07, 6.45) is 1.65. The summed E-state index contributed by atoms with van der Waals surface area (Å²) in [6, 6.07) is 43.1. The van der Waals surface area contributed by atoms with Gasteiger partial charge in [-0.25, -0.2) is 4.98 Å². The van der Waals surface area contributed by atoms with E-state index in [9.17, 15) is 14.4 Å². The lowest BCUT2D eigenvalue weighted by Gasteiger charge is -2.17. The van der Waals surface area contributed by atoms with E-state index in [4.69, 9.17) is 4.98 Å². The summed E-state index contributed by atoms with van der Waals surface area (Å²) in [7, 11) is 0. The number of carbonyl (C=O) groups is 3. The van der Waals surface area contributed by atoms with E-state index in [1.807, 2.05) is 123 Å². The first-order valence-corrected chi connectivity index (χ1v) is 17.6. The molecule has 1 aromatic heterocycles. The van der Waals surface area contributed by atoms with Gasteiger partial charge in [0, 0.05) is 26.6 Å². The number of hydrogen-bond acceptors (Lipinski definition) is 6. The standard InChI is InChI=1S/C41H34N4O3S2/c1-27-21-23-29(24-22-27)25-35(43-38(46)32-17-10-5-11-18-32)39(47)42-33-19-12-20-34(26-33)50-37(31-15-8-4-9-16-31)40(48)45-41-44-36(28(2)49-41)30-13-6-3-7-14-30/h3-26,37H,1-2H3,(H,42,47)(H,43,46)(H,44,45,48)/b35-25-. The van der Waals surface area contributed by atoms with Crippen LogP contribution in [-0.4, -0.2) is 22.7 Å². The second-order valence-electron chi connectivity index (χ2n) is 11.5. The van der Waals surface area contributed by atoms with Crippen LogP contribution in [0.2, 0.25) is 0 Å². The van der Waals surface area contributed by atoms with Crippen molar-refractivity contribution in [2.75, 3.05) is 10.6 Å². The minimum atomic E-state index is -0.603. The van der Waals surface area contributed by atoms with E-state index in [0.717, 1.165) is 37.7 Å². The lowest BCUT2D eigenvalue weighted by atomic mass is 10.1. The topological polar surface area (TPSA) is 100 Å². The number of benzene rings is 5. The molecule has 0 bridgehead atoms. The van der Waals surface area contributed by atoms with Crippen molar-refractivity contribution in [2.24, 2.45) is 0 Å². The second-order valence-corrected chi connectivity index (χ2v) is 13.8. The van der Waals surface area contributed by atoms with Gasteiger partial charge in [-0.15, -0.1) is 23.1 Å². The number of anilines is 2. The van der Waals surface area contributed by atoms with Crippen LogP contribution in [0.3, 0.4) is 0 Å². The van der Waals surface area contributed by atoms with Crippen LogP contribution in [0.5, 0.6) is 0 Å². The number of thioether (sulfide) groups is 1. The Kier molecular flexibility index (Phi) is 11.0. The Morgan fingerprint density at radius 1 is 0.740 bits per heavy atom. The molecule has 6 rings (SSSR count). The van der Waals surface area contributed by atoms with E-state index in [2.05, 4.69) is 16.0 Å². The first-order chi connectivity index (χ1) is 24.3. The van der Waals surface area contributed by atoms with Crippen LogP contribution in [0.1, 0.15) is 37.2 Å². The highest BCUT2D eigenvalue weighted by molar-refractivity contribution is 8.00. The third kappa shape index (κ3) is 8.82. The molecular weight excluding hydrogens is 661 g/mol. The van der Waals surface area contributed by atoms with Crippen molar-refractivity contribution in [3.63, 3.8) is 0 Å². The Bertz CT molecular complexity index is 2130. The Morgan fingerprint density at radius 3 is 2.10 bits per heavy atom. The normalized spacial score (nSPS) is 11.8. The number of amides is 3. The van der Waals surface area contributed by atoms with E-state index in [1.165, 1.54) is 23.1 Å². The molecule has 0 fully saturated rings. The Hall–Kier alpha value is -5.77. The van der Waals surface area contributed by atoms with Crippen LogP contribution in [0.4, 0.5) is 10.8 Å². The van der Waals surface area contributed by atoms with Crippen LogP contribution in [0, 0.1) is 13.8 Å². The number of aromatic nitrogens is 1. The Morgan fingerprint density at radius 2 is 1.40 bits per heavy atom. The molecule has 7 nitrogen and oxygen atoms in total. The number of nitrogens with zero attached hydrogens (tertiary/aromatic N) is 1. The van der Waals surface area contributed by atoms with Crippen molar-refractivity contribution in [2.45, 2.75) is 24.0 Å². The largest absolute Gasteiger partial charge is 0.321 e. The maximum atomic E-state index is 13.9. The SMILES string of the molecule is Cc1ccc(/C=C(\NC(=O)c2ccccc2)C(=O)Nc2cccc(SC(C(=O)Nc3nc(-c4ccccc4)c(C)s3)c3ccccc3)c2)cc1. The van der Waals surface area contributed by atoms with Gasteiger partial charge in [0.1, 0.15) is 10.9 Å². The number of nitrogens with one attached hydrogen (secondary N) is 3. The van der Waals surface area contributed by atoms with E-state index in [0.29, 0.717) is 16.4 Å². The predicted octanol–water partition coefficient (Wildman–Crippen LogP) is 9.31. The fourth-order valence-electron chi connectivity index (χ4n) is 5.14.